The van der Waals surface area contributed by atoms with Crippen molar-refractivity contribution in [2.45, 2.75) is 52.4 Å². The molecule has 0 saturated heterocycles. The number of halogens is 1. The Hall–Kier alpha value is -0.640. The maximum absolute atomic E-state index is 11.7. The van der Waals surface area contributed by atoms with E-state index in [1.165, 1.54) is 0 Å². The minimum Gasteiger partial charge on any atom is -0.310 e. The van der Waals surface area contributed by atoms with Crippen LogP contribution in [0, 0.1) is 0 Å². The van der Waals surface area contributed by atoms with E-state index < -0.39 is 0 Å². The Balaban J connectivity index is 3.18. The molecule has 4 heteroatoms. The first kappa shape index (κ1) is 13.4. The van der Waals surface area contributed by atoms with E-state index in [9.17, 15) is 4.79 Å². The van der Waals surface area contributed by atoms with Crippen LogP contribution in [0.25, 0.3) is 0 Å². The van der Waals surface area contributed by atoms with E-state index in [-0.39, 0.29) is 11.0 Å². The van der Waals surface area contributed by atoms with Crippen molar-refractivity contribution < 1.29 is 0 Å². The van der Waals surface area contributed by atoms with Gasteiger partial charge in [-0.2, -0.15) is 0 Å². The summed E-state index contributed by atoms with van der Waals surface area (Å²) in [5, 5.41) is 0. The summed E-state index contributed by atoms with van der Waals surface area (Å²) in [5.74, 6) is 0.792. The molecular formula is C12H19BrN2O. The first-order valence-electron chi connectivity index (χ1n) is 5.65. The number of aryl methyl sites for hydroxylation is 1. The van der Waals surface area contributed by atoms with Gasteiger partial charge < -0.3 is 4.98 Å². The molecule has 0 aliphatic heterocycles. The van der Waals surface area contributed by atoms with E-state index in [0.29, 0.717) is 4.47 Å². The lowest BCUT2D eigenvalue weighted by atomic mass is 9.92. The number of H-pyrrole nitrogens is 1. The van der Waals surface area contributed by atoms with Crippen LogP contribution in [-0.4, -0.2) is 9.97 Å². The number of aromatic amines is 1. The molecule has 0 aliphatic rings. The molecule has 0 aliphatic carbocycles. The van der Waals surface area contributed by atoms with Gasteiger partial charge in [0.1, 0.15) is 10.3 Å². The van der Waals surface area contributed by atoms with Gasteiger partial charge in [0.15, 0.2) is 0 Å². The minimum atomic E-state index is -0.117. The van der Waals surface area contributed by atoms with Gasteiger partial charge in [0, 0.05) is 11.8 Å². The molecule has 0 radical (unpaired) electrons. The number of unbranched alkanes of at least 4 members (excludes halogenated alkanes) is 1. The Labute approximate surface area is 105 Å². The van der Waals surface area contributed by atoms with Crippen LogP contribution >= 0.6 is 15.9 Å². The van der Waals surface area contributed by atoms with E-state index in [2.05, 4.69) is 53.6 Å². The molecular weight excluding hydrogens is 268 g/mol. The van der Waals surface area contributed by atoms with Crippen LogP contribution in [0.15, 0.2) is 9.27 Å². The first-order chi connectivity index (χ1) is 7.36. The van der Waals surface area contributed by atoms with E-state index in [4.69, 9.17) is 0 Å². The van der Waals surface area contributed by atoms with Crippen molar-refractivity contribution in [2.24, 2.45) is 0 Å². The third kappa shape index (κ3) is 3.17. The highest BCUT2D eigenvalue weighted by Gasteiger charge is 2.21. The van der Waals surface area contributed by atoms with Gasteiger partial charge in [0.25, 0.3) is 5.56 Å². The van der Waals surface area contributed by atoms with Crippen LogP contribution in [0.4, 0.5) is 0 Å². The second kappa shape index (κ2) is 5.13. The molecule has 0 atom stereocenters. The topological polar surface area (TPSA) is 45.8 Å². The van der Waals surface area contributed by atoms with E-state index in [1.807, 2.05) is 0 Å². The van der Waals surface area contributed by atoms with E-state index >= 15 is 0 Å². The monoisotopic (exact) mass is 286 g/mol. The lowest BCUT2D eigenvalue weighted by molar-refractivity contribution is 0.554. The third-order valence-corrected chi connectivity index (χ3v) is 3.13. The molecule has 1 aromatic heterocycles. The van der Waals surface area contributed by atoms with Crippen molar-refractivity contribution in [2.75, 3.05) is 0 Å². The Morgan fingerprint density at radius 1 is 1.38 bits per heavy atom. The Morgan fingerprint density at radius 2 is 2.00 bits per heavy atom. The van der Waals surface area contributed by atoms with Crippen molar-refractivity contribution in [1.82, 2.24) is 9.97 Å². The highest BCUT2D eigenvalue weighted by Crippen LogP contribution is 2.25. The highest BCUT2D eigenvalue weighted by atomic mass is 79.9. The molecule has 1 rings (SSSR count). The summed E-state index contributed by atoms with van der Waals surface area (Å²) in [4.78, 5) is 19.1. The van der Waals surface area contributed by atoms with Gasteiger partial charge in [-0.25, -0.2) is 4.98 Å². The maximum Gasteiger partial charge on any atom is 0.265 e. The van der Waals surface area contributed by atoms with Gasteiger partial charge in [-0.05, 0) is 22.4 Å². The predicted molar refractivity (Wildman–Crippen MR) is 69.9 cm³/mol. The number of hydrogen-bond donors (Lipinski definition) is 1. The molecule has 0 saturated carbocycles. The van der Waals surface area contributed by atoms with Gasteiger partial charge in [-0.1, -0.05) is 34.1 Å². The van der Waals surface area contributed by atoms with Crippen molar-refractivity contribution in [3.8, 4) is 0 Å². The summed E-state index contributed by atoms with van der Waals surface area (Å²) >= 11 is 3.31. The van der Waals surface area contributed by atoms with Crippen LogP contribution < -0.4 is 5.56 Å². The summed E-state index contributed by atoms with van der Waals surface area (Å²) in [6, 6.07) is 0. The second-order valence-electron chi connectivity index (χ2n) is 5.03. The average molecular weight is 287 g/mol. The zero-order valence-corrected chi connectivity index (χ0v) is 11.9. The molecule has 90 valence electrons. The van der Waals surface area contributed by atoms with Gasteiger partial charge in [0.05, 0.1) is 5.69 Å². The molecule has 0 spiro atoms. The second-order valence-corrected chi connectivity index (χ2v) is 5.82. The van der Waals surface area contributed by atoms with Gasteiger partial charge in [0.2, 0.25) is 0 Å². The van der Waals surface area contributed by atoms with Crippen LogP contribution in [0.3, 0.4) is 0 Å². The largest absolute Gasteiger partial charge is 0.310 e. The summed E-state index contributed by atoms with van der Waals surface area (Å²) in [6.07, 6.45) is 2.99. The fourth-order valence-corrected chi connectivity index (χ4v) is 2.25. The fourth-order valence-electron chi connectivity index (χ4n) is 1.47. The van der Waals surface area contributed by atoms with Gasteiger partial charge in [-0.15, -0.1) is 0 Å². The third-order valence-electron chi connectivity index (χ3n) is 2.39. The van der Waals surface area contributed by atoms with E-state index in [0.717, 1.165) is 30.8 Å². The first-order valence-corrected chi connectivity index (χ1v) is 6.44. The normalized spacial score (nSPS) is 11.8. The summed E-state index contributed by atoms with van der Waals surface area (Å²) in [5.41, 5.74) is 0.641. The number of nitrogens with zero attached hydrogens (tertiary/aromatic N) is 1. The Morgan fingerprint density at radius 3 is 2.50 bits per heavy atom. The molecule has 0 amide bonds. The maximum atomic E-state index is 11.7. The van der Waals surface area contributed by atoms with Gasteiger partial charge in [-0.3, -0.25) is 4.79 Å². The number of aromatic nitrogens is 2. The molecule has 0 bridgehead atoms. The molecule has 0 fully saturated rings. The zero-order valence-electron chi connectivity index (χ0n) is 10.4. The number of rotatable bonds is 3. The molecule has 3 nitrogen and oxygen atoms in total. The number of nitrogens with one attached hydrogen (secondary N) is 1. The number of hydrogen-bond acceptors (Lipinski definition) is 2. The Kier molecular flexibility index (Phi) is 4.30. The molecule has 16 heavy (non-hydrogen) atoms. The van der Waals surface area contributed by atoms with Crippen LogP contribution in [0.1, 0.15) is 52.1 Å². The van der Waals surface area contributed by atoms with Crippen molar-refractivity contribution >= 4 is 15.9 Å². The molecule has 0 aromatic carbocycles. The Bertz CT molecular complexity index is 418. The van der Waals surface area contributed by atoms with E-state index in [1.54, 1.807) is 0 Å². The molecule has 0 unspecified atom stereocenters. The summed E-state index contributed by atoms with van der Waals surface area (Å²) in [7, 11) is 0. The molecule has 1 aromatic rings. The fraction of sp³-hybridized carbons (Fsp3) is 0.667. The predicted octanol–water partition coefficient (Wildman–Crippen LogP) is 3.17. The smallest absolute Gasteiger partial charge is 0.265 e. The van der Waals surface area contributed by atoms with Crippen LogP contribution in [-0.2, 0) is 11.8 Å². The van der Waals surface area contributed by atoms with Gasteiger partial charge >= 0.3 is 0 Å². The van der Waals surface area contributed by atoms with Crippen LogP contribution in [0.5, 0.6) is 0 Å². The van der Waals surface area contributed by atoms with Crippen molar-refractivity contribution in [3.63, 3.8) is 0 Å². The van der Waals surface area contributed by atoms with Crippen LogP contribution in [0.2, 0.25) is 0 Å². The average Bonchev–Trinajstić information content (AvgIpc) is 2.17. The molecule has 1 N–H and O–H groups in total. The summed E-state index contributed by atoms with van der Waals surface area (Å²) < 4.78 is 0.556. The highest BCUT2D eigenvalue weighted by molar-refractivity contribution is 9.10. The summed E-state index contributed by atoms with van der Waals surface area (Å²) in [6.45, 7) is 8.30. The lowest BCUT2D eigenvalue weighted by Crippen LogP contribution is -2.23. The SMILES string of the molecule is CCCCc1nc(C(C)(C)C)c(Br)c(=O)[nH]1. The van der Waals surface area contributed by atoms with Crippen molar-refractivity contribution in [1.29, 1.82) is 0 Å². The molecule has 1 heterocycles. The van der Waals surface area contributed by atoms with Crippen molar-refractivity contribution in [3.05, 3.63) is 26.3 Å². The minimum absolute atomic E-state index is 0.0778. The standard InChI is InChI=1S/C12H19BrN2O/c1-5-6-7-8-14-10(12(2,3)4)9(13)11(16)15-8/h5-7H2,1-4H3,(H,14,15,16). The zero-order chi connectivity index (χ0) is 12.3. The quantitative estimate of drug-likeness (QED) is 0.928. The lowest BCUT2D eigenvalue weighted by Gasteiger charge is -2.19.